The van der Waals surface area contributed by atoms with E-state index >= 15 is 0 Å². The Kier molecular flexibility index (Phi) is 8.85. The number of hydrogen-bond acceptors (Lipinski definition) is 7. The number of benzene rings is 2. The highest BCUT2D eigenvalue weighted by Crippen LogP contribution is 2.23. The number of carbonyl (C=O) groups excluding carboxylic acids is 2. The number of nitriles is 1. The van der Waals surface area contributed by atoms with Gasteiger partial charge in [0.2, 0.25) is 15.9 Å². The number of likely N-dealkylation sites (N-methyl/N-ethyl adjacent to an activating group) is 1. The summed E-state index contributed by atoms with van der Waals surface area (Å²) in [7, 11) is -2.11. The van der Waals surface area contributed by atoms with Crippen molar-refractivity contribution >= 4 is 21.9 Å². The number of nitrogens with zero attached hydrogens (tertiary/aromatic N) is 3. The van der Waals surface area contributed by atoms with E-state index < -0.39 is 34.0 Å². The van der Waals surface area contributed by atoms with E-state index in [2.05, 4.69) is 15.7 Å². The second-order valence-corrected chi connectivity index (χ2v) is 11.7. The molecule has 0 spiro atoms. The fourth-order valence-electron chi connectivity index (χ4n) is 5.00. The SMILES string of the molecule is CCOC(=O)[C@@H]1CC=CCN1C(=O)[C@H](Cc1ccc(C)c(C#N)c1)NS(=O)(=O)c1ccc2c(c1)CN(C)CC2. The first-order chi connectivity index (χ1) is 18.6. The van der Waals surface area contributed by atoms with Crippen LogP contribution in [0, 0.1) is 18.3 Å². The molecule has 0 saturated carbocycles. The molecule has 0 aliphatic carbocycles. The third-order valence-electron chi connectivity index (χ3n) is 7.20. The van der Waals surface area contributed by atoms with Crippen LogP contribution in [0.5, 0.6) is 0 Å². The van der Waals surface area contributed by atoms with Gasteiger partial charge in [0.15, 0.2) is 0 Å². The monoisotopic (exact) mass is 550 g/mol. The van der Waals surface area contributed by atoms with Crippen LogP contribution in [-0.2, 0) is 43.7 Å². The standard InChI is InChI=1S/C29H34N4O5S/c1-4-38-29(35)27-7-5-6-13-33(27)28(34)26(16-21-9-8-20(2)23(15-21)18-30)31-39(36,37)25-11-10-22-12-14-32(3)19-24(22)17-25/h5-6,8-11,15,17,26-27,31H,4,7,12-14,16,19H2,1-3H3/t26-,27-/m0/s1. The molecular weight excluding hydrogens is 516 g/mol. The zero-order valence-corrected chi connectivity index (χ0v) is 23.3. The predicted molar refractivity (Wildman–Crippen MR) is 146 cm³/mol. The molecule has 4 rings (SSSR count). The van der Waals surface area contributed by atoms with E-state index in [9.17, 15) is 23.3 Å². The highest BCUT2D eigenvalue weighted by Gasteiger charge is 2.37. The summed E-state index contributed by atoms with van der Waals surface area (Å²) in [5.74, 6) is -1.06. The molecule has 2 heterocycles. The Morgan fingerprint density at radius 3 is 2.72 bits per heavy atom. The molecule has 10 heteroatoms. The van der Waals surface area contributed by atoms with Crippen molar-refractivity contribution in [2.75, 3.05) is 26.7 Å². The molecule has 2 aliphatic heterocycles. The van der Waals surface area contributed by atoms with E-state index in [1.54, 1.807) is 43.3 Å². The number of esters is 1. The van der Waals surface area contributed by atoms with Gasteiger partial charge in [-0.2, -0.15) is 9.98 Å². The minimum Gasteiger partial charge on any atom is -0.464 e. The highest BCUT2D eigenvalue weighted by atomic mass is 32.2. The lowest BCUT2D eigenvalue weighted by molar-refractivity contribution is -0.155. The van der Waals surface area contributed by atoms with E-state index in [0.29, 0.717) is 17.7 Å². The van der Waals surface area contributed by atoms with Crippen molar-refractivity contribution in [1.29, 1.82) is 5.26 Å². The van der Waals surface area contributed by atoms with Gasteiger partial charge in [-0.05, 0) is 80.6 Å². The van der Waals surface area contributed by atoms with Crippen LogP contribution in [0.2, 0.25) is 0 Å². The number of amides is 1. The summed E-state index contributed by atoms with van der Waals surface area (Å²) >= 11 is 0. The molecule has 0 saturated heterocycles. The van der Waals surface area contributed by atoms with Crippen molar-refractivity contribution in [3.05, 3.63) is 76.4 Å². The summed E-state index contributed by atoms with van der Waals surface area (Å²) < 4.78 is 35.1. The van der Waals surface area contributed by atoms with Gasteiger partial charge in [-0.3, -0.25) is 4.79 Å². The quantitative estimate of drug-likeness (QED) is 0.396. The van der Waals surface area contributed by atoms with Gasteiger partial charge in [0.05, 0.1) is 23.1 Å². The van der Waals surface area contributed by atoms with Crippen LogP contribution in [0.4, 0.5) is 0 Å². The number of ether oxygens (including phenoxy) is 1. The Bertz CT molecular complexity index is 1430. The van der Waals surface area contributed by atoms with Crippen molar-refractivity contribution in [2.45, 2.75) is 56.6 Å². The van der Waals surface area contributed by atoms with Crippen molar-refractivity contribution < 1.29 is 22.7 Å². The minimum atomic E-state index is -4.10. The van der Waals surface area contributed by atoms with E-state index in [-0.39, 0.29) is 30.9 Å². The topological polar surface area (TPSA) is 120 Å². The number of hydrogen-bond donors (Lipinski definition) is 1. The van der Waals surface area contributed by atoms with Crippen LogP contribution in [0.25, 0.3) is 0 Å². The highest BCUT2D eigenvalue weighted by molar-refractivity contribution is 7.89. The van der Waals surface area contributed by atoms with Crippen LogP contribution >= 0.6 is 0 Å². The maximum Gasteiger partial charge on any atom is 0.329 e. The van der Waals surface area contributed by atoms with Gasteiger partial charge in [0.25, 0.3) is 0 Å². The normalized spacial score (nSPS) is 18.2. The summed E-state index contributed by atoms with van der Waals surface area (Å²) in [6, 6.07) is 10.4. The van der Waals surface area contributed by atoms with Gasteiger partial charge in [-0.15, -0.1) is 0 Å². The zero-order chi connectivity index (χ0) is 28.2. The number of sulfonamides is 1. The zero-order valence-electron chi connectivity index (χ0n) is 22.5. The molecule has 0 radical (unpaired) electrons. The van der Waals surface area contributed by atoms with Crippen LogP contribution in [0.1, 0.15) is 41.2 Å². The predicted octanol–water partition coefficient (Wildman–Crippen LogP) is 2.46. The number of aryl methyl sites for hydroxylation is 1. The third-order valence-corrected chi connectivity index (χ3v) is 8.66. The van der Waals surface area contributed by atoms with E-state index in [4.69, 9.17) is 4.74 Å². The molecule has 2 aromatic rings. The molecule has 0 fully saturated rings. The molecule has 206 valence electrons. The maximum atomic E-state index is 13.9. The van der Waals surface area contributed by atoms with Gasteiger partial charge < -0.3 is 14.5 Å². The van der Waals surface area contributed by atoms with E-state index in [1.165, 1.54) is 4.90 Å². The molecule has 2 aromatic carbocycles. The lowest BCUT2D eigenvalue weighted by atomic mass is 9.99. The lowest BCUT2D eigenvalue weighted by Gasteiger charge is -2.34. The summed E-state index contributed by atoms with van der Waals surface area (Å²) in [6.45, 7) is 5.38. The summed E-state index contributed by atoms with van der Waals surface area (Å²) in [5, 5.41) is 9.49. The number of fused-ring (bicyclic) bond motifs is 1. The first-order valence-electron chi connectivity index (χ1n) is 13.1. The summed E-state index contributed by atoms with van der Waals surface area (Å²) in [5.41, 5.74) is 3.92. The van der Waals surface area contributed by atoms with Gasteiger partial charge in [-0.1, -0.05) is 30.4 Å². The Labute approximate surface area is 230 Å². The smallest absolute Gasteiger partial charge is 0.329 e. The molecule has 1 N–H and O–H groups in total. The fraction of sp³-hybridized carbons (Fsp3) is 0.414. The molecule has 1 amide bonds. The average molecular weight is 551 g/mol. The van der Waals surface area contributed by atoms with Gasteiger partial charge in [0, 0.05) is 19.6 Å². The average Bonchev–Trinajstić information content (AvgIpc) is 2.92. The summed E-state index contributed by atoms with van der Waals surface area (Å²) in [6.07, 6.45) is 4.72. The Morgan fingerprint density at radius 2 is 1.97 bits per heavy atom. The Morgan fingerprint density at radius 1 is 1.18 bits per heavy atom. The van der Waals surface area contributed by atoms with Crippen molar-refractivity contribution in [3.8, 4) is 6.07 Å². The largest absolute Gasteiger partial charge is 0.464 e. The second-order valence-electron chi connectivity index (χ2n) is 10.0. The molecule has 9 nitrogen and oxygen atoms in total. The maximum absolute atomic E-state index is 13.9. The van der Waals surface area contributed by atoms with Crippen LogP contribution in [-0.4, -0.2) is 68.9 Å². The minimum absolute atomic E-state index is 0.0104. The van der Waals surface area contributed by atoms with Gasteiger partial charge >= 0.3 is 5.97 Å². The molecule has 0 unspecified atom stereocenters. The van der Waals surface area contributed by atoms with E-state index in [1.807, 2.05) is 26.1 Å². The number of carbonyl (C=O) groups is 2. The van der Waals surface area contributed by atoms with Crippen molar-refractivity contribution in [1.82, 2.24) is 14.5 Å². The Hall–Kier alpha value is -3.52. The van der Waals surface area contributed by atoms with Gasteiger partial charge in [0.1, 0.15) is 12.1 Å². The van der Waals surface area contributed by atoms with Crippen molar-refractivity contribution in [3.63, 3.8) is 0 Å². The number of nitrogens with one attached hydrogen (secondary N) is 1. The number of rotatable bonds is 8. The third kappa shape index (κ3) is 6.56. The first-order valence-corrected chi connectivity index (χ1v) is 14.6. The summed E-state index contributed by atoms with van der Waals surface area (Å²) in [4.78, 5) is 30.1. The Balaban J connectivity index is 1.68. The van der Waals surface area contributed by atoms with Crippen molar-refractivity contribution in [2.24, 2.45) is 0 Å². The molecule has 39 heavy (non-hydrogen) atoms. The molecule has 0 bridgehead atoms. The van der Waals surface area contributed by atoms with Gasteiger partial charge in [-0.25, -0.2) is 13.2 Å². The second kappa shape index (κ2) is 12.1. The first kappa shape index (κ1) is 28.5. The molecule has 2 aliphatic rings. The van der Waals surface area contributed by atoms with Crippen LogP contribution < -0.4 is 4.72 Å². The molecular formula is C29H34N4O5S. The lowest BCUT2D eigenvalue weighted by Crippen LogP contribution is -2.55. The fourth-order valence-corrected chi connectivity index (χ4v) is 6.24. The van der Waals surface area contributed by atoms with Crippen LogP contribution in [0.3, 0.4) is 0 Å². The molecule has 2 atom stereocenters. The van der Waals surface area contributed by atoms with Crippen LogP contribution in [0.15, 0.2) is 53.4 Å². The molecule has 0 aromatic heterocycles. The van der Waals surface area contributed by atoms with E-state index in [0.717, 1.165) is 29.7 Å².